The zero-order valence-corrected chi connectivity index (χ0v) is 39.5. The number of benzene rings is 3. The Morgan fingerprint density at radius 1 is 0.857 bits per heavy atom. The van der Waals surface area contributed by atoms with Crippen molar-refractivity contribution < 1.29 is 29.0 Å². The van der Waals surface area contributed by atoms with E-state index in [4.69, 9.17) is 9.72 Å². The molecule has 1 atom stereocenters. The normalized spacial score (nSPS) is 17.4. The van der Waals surface area contributed by atoms with Crippen LogP contribution in [-0.4, -0.2) is 78.7 Å². The maximum absolute atomic E-state index is 13.2. The van der Waals surface area contributed by atoms with E-state index >= 15 is 0 Å². The predicted molar refractivity (Wildman–Crippen MR) is 256 cm³/mol. The summed E-state index contributed by atoms with van der Waals surface area (Å²) in [5, 5.41) is 12.5. The number of rotatable bonds is 18. The number of urea groups is 1. The molecule has 1 aromatic heterocycles. The first-order valence-corrected chi connectivity index (χ1v) is 24.9. The van der Waals surface area contributed by atoms with Crippen LogP contribution < -0.4 is 10.1 Å². The number of aromatic nitrogens is 2. The van der Waals surface area contributed by atoms with Gasteiger partial charge in [-0.05, 0) is 99.2 Å². The third kappa shape index (κ3) is 14.6. The average molecular weight is 897 g/mol. The van der Waals surface area contributed by atoms with Crippen LogP contribution in [0.25, 0.3) is 11.0 Å². The van der Waals surface area contributed by atoms with Crippen LogP contribution in [0.2, 0.25) is 0 Å². The van der Waals surface area contributed by atoms with Gasteiger partial charge in [0.2, 0.25) is 0 Å². The van der Waals surface area contributed by atoms with Crippen LogP contribution in [0.4, 0.5) is 4.79 Å². The standard InChI is InChI=1S/C29H46N2O3S.C22H22N2O3S/c1-29(2,27(32)33)35-26-18-16-24(17-19-26)20-22-31(28(34)30-25-14-7-4-8-15-25)21-10-9-13-23-11-5-3-6-12-23;1-24-18-12-16(27-2)8-9-17(18)23-21(24)10-7-14-3-5-15(6-4-14)11-20-19(25)13-22(26)28-20/h16-19,23,25H,3-15,20-22H2,1-2H3,(H,30,34)(H,32,33);3-6,8-9,12,20H,7,10-11,13H2,1-2H3. The van der Waals surface area contributed by atoms with Gasteiger partial charge in [-0.2, -0.15) is 0 Å². The van der Waals surface area contributed by atoms with Gasteiger partial charge in [-0.25, -0.2) is 9.78 Å². The molecule has 1 aliphatic heterocycles. The summed E-state index contributed by atoms with van der Waals surface area (Å²) in [5.41, 5.74) is 5.55. The average Bonchev–Trinajstić information content (AvgIpc) is 3.78. The molecule has 2 N–H and O–H groups in total. The number of unbranched alkanes of at least 4 members (excludes halogenated alkanes) is 1. The molecule has 10 nitrogen and oxygen atoms in total. The Bertz CT molecular complexity index is 2120. The van der Waals surface area contributed by atoms with Gasteiger partial charge in [0.15, 0.2) is 10.9 Å². The topological polar surface area (TPSA) is 131 Å². The summed E-state index contributed by atoms with van der Waals surface area (Å²) in [6, 6.07) is 22.8. The van der Waals surface area contributed by atoms with Crippen molar-refractivity contribution in [3.05, 3.63) is 89.2 Å². The van der Waals surface area contributed by atoms with Crippen LogP contribution in [0.1, 0.15) is 126 Å². The summed E-state index contributed by atoms with van der Waals surface area (Å²) in [7, 11) is 3.70. The summed E-state index contributed by atoms with van der Waals surface area (Å²) in [6.45, 7) is 5.00. The van der Waals surface area contributed by atoms with E-state index in [9.17, 15) is 24.3 Å². The maximum Gasteiger partial charge on any atom is 0.319 e. The molecule has 0 bridgehead atoms. The number of carboxylic acids is 1. The number of nitrogens with zero attached hydrogens (tertiary/aromatic N) is 3. The van der Waals surface area contributed by atoms with Crippen LogP contribution in [-0.2, 0) is 47.1 Å². The van der Waals surface area contributed by atoms with Gasteiger partial charge in [0.25, 0.3) is 0 Å². The summed E-state index contributed by atoms with van der Waals surface area (Å²) < 4.78 is 6.57. The van der Waals surface area contributed by atoms with Gasteiger partial charge >= 0.3 is 12.0 Å². The quantitative estimate of drug-likeness (QED) is 0.0569. The number of aryl methyl sites for hydroxylation is 3. The number of ketones is 1. The van der Waals surface area contributed by atoms with Gasteiger partial charge < -0.3 is 24.6 Å². The number of amides is 2. The Balaban J connectivity index is 0.000000214. The highest BCUT2D eigenvalue weighted by Gasteiger charge is 2.32. The molecule has 2 saturated carbocycles. The molecule has 3 fully saturated rings. The van der Waals surface area contributed by atoms with Crippen LogP contribution in [0.15, 0.2) is 71.6 Å². The van der Waals surface area contributed by atoms with Gasteiger partial charge in [0.1, 0.15) is 16.3 Å². The Morgan fingerprint density at radius 3 is 2.16 bits per heavy atom. The number of fused-ring (bicyclic) bond motifs is 1. The smallest absolute Gasteiger partial charge is 0.319 e. The summed E-state index contributed by atoms with van der Waals surface area (Å²) in [6.07, 6.45) is 19.8. The molecule has 63 heavy (non-hydrogen) atoms. The molecule has 7 rings (SSSR count). The third-order valence-corrected chi connectivity index (χ3v) is 15.2. The molecular formula is C51H68N4O6S2. The molecule has 4 aromatic rings. The molecule has 12 heteroatoms. The number of carboxylic acid groups (broad SMARTS) is 1. The second kappa shape index (κ2) is 23.6. The highest BCUT2D eigenvalue weighted by Crippen LogP contribution is 2.33. The Labute approximate surface area is 383 Å². The molecule has 0 spiro atoms. The van der Waals surface area contributed by atoms with Crippen LogP contribution in [0, 0.1) is 5.92 Å². The maximum atomic E-state index is 13.2. The van der Waals surface area contributed by atoms with Crippen LogP contribution >= 0.6 is 23.5 Å². The monoisotopic (exact) mass is 896 g/mol. The van der Waals surface area contributed by atoms with Gasteiger partial charge in [0.05, 0.1) is 29.8 Å². The van der Waals surface area contributed by atoms with E-state index in [0.29, 0.717) is 12.5 Å². The molecule has 2 heterocycles. The lowest BCUT2D eigenvalue weighted by Crippen LogP contribution is -2.46. The molecule has 2 aliphatic carbocycles. The van der Waals surface area contributed by atoms with E-state index in [1.165, 1.54) is 98.9 Å². The lowest BCUT2D eigenvalue weighted by atomic mass is 9.86. The third-order valence-electron chi connectivity index (χ3n) is 12.9. The zero-order valence-electron chi connectivity index (χ0n) is 37.9. The minimum Gasteiger partial charge on any atom is -0.497 e. The Morgan fingerprint density at radius 2 is 1.51 bits per heavy atom. The van der Waals surface area contributed by atoms with Crippen molar-refractivity contribution in [3.63, 3.8) is 0 Å². The number of carbonyl (C=O) groups is 4. The SMILES string of the molecule is CC(C)(Sc1ccc(CCN(CCCCC2CCCCC2)C(=O)NC2CCCCC2)cc1)C(=O)O.COc1ccc2nc(CCc3ccc(CC4SC(=O)CC4=O)cc3)n(C)c2c1. The molecule has 1 unspecified atom stereocenters. The van der Waals surface area contributed by atoms with E-state index in [0.717, 1.165) is 90.6 Å². The number of nitrogens with one attached hydrogen (secondary N) is 1. The van der Waals surface area contributed by atoms with E-state index in [2.05, 4.69) is 46.3 Å². The minimum atomic E-state index is -0.854. The first kappa shape index (κ1) is 48.2. The molecule has 340 valence electrons. The fourth-order valence-electron chi connectivity index (χ4n) is 8.93. The Kier molecular flexibility index (Phi) is 18.0. The fraction of sp³-hybridized carbons (Fsp3) is 0.549. The van der Waals surface area contributed by atoms with Gasteiger partial charge in [-0.3, -0.25) is 14.4 Å². The predicted octanol–water partition coefficient (Wildman–Crippen LogP) is 10.8. The van der Waals surface area contributed by atoms with Crippen molar-refractivity contribution in [2.45, 2.75) is 150 Å². The zero-order chi connectivity index (χ0) is 44.8. The van der Waals surface area contributed by atoms with Gasteiger partial charge in [0, 0.05) is 43.6 Å². The number of Topliss-reactive ketones (excluding diaryl/α,β-unsaturated/α-hetero) is 1. The number of thioether (sulfide) groups is 2. The van der Waals surface area contributed by atoms with Crippen molar-refractivity contribution in [2.75, 3.05) is 20.2 Å². The largest absolute Gasteiger partial charge is 0.497 e. The highest BCUT2D eigenvalue weighted by atomic mass is 32.2. The summed E-state index contributed by atoms with van der Waals surface area (Å²) in [5.74, 6) is 2.01. The molecule has 0 radical (unpaired) electrons. The van der Waals surface area contributed by atoms with E-state index in [1.807, 2.05) is 42.3 Å². The van der Waals surface area contributed by atoms with Gasteiger partial charge in [-0.15, -0.1) is 11.8 Å². The number of aliphatic carboxylic acids is 1. The molecule has 3 aliphatic rings. The van der Waals surface area contributed by atoms with Crippen molar-refractivity contribution in [1.29, 1.82) is 0 Å². The second-order valence-electron chi connectivity index (χ2n) is 18.2. The first-order chi connectivity index (χ1) is 30.4. The highest BCUT2D eigenvalue weighted by molar-refractivity contribution is 8.15. The summed E-state index contributed by atoms with van der Waals surface area (Å²) >= 11 is 2.54. The van der Waals surface area contributed by atoms with E-state index in [1.54, 1.807) is 21.0 Å². The number of methoxy groups -OCH3 is 1. The van der Waals surface area contributed by atoms with Crippen LogP contribution in [0.3, 0.4) is 0 Å². The van der Waals surface area contributed by atoms with Crippen molar-refractivity contribution in [1.82, 2.24) is 19.8 Å². The van der Waals surface area contributed by atoms with Gasteiger partial charge in [-0.1, -0.05) is 112 Å². The van der Waals surface area contributed by atoms with Crippen LogP contribution in [0.5, 0.6) is 5.75 Å². The molecule has 1 saturated heterocycles. The second-order valence-corrected chi connectivity index (χ2v) is 21.1. The lowest BCUT2D eigenvalue weighted by molar-refractivity contribution is -0.139. The fourth-order valence-corrected chi connectivity index (χ4v) is 10.9. The van der Waals surface area contributed by atoms with E-state index < -0.39 is 10.7 Å². The number of carbonyl (C=O) groups excluding carboxylic acids is 3. The first-order valence-electron chi connectivity index (χ1n) is 23.2. The Hall–Kier alpha value is -4.29. The summed E-state index contributed by atoms with van der Waals surface area (Å²) in [4.78, 5) is 55.5. The minimum absolute atomic E-state index is 0.00769. The molecule has 2 amide bonds. The van der Waals surface area contributed by atoms with Crippen molar-refractivity contribution in [3.8, 4) is 5.75 Å². The number of hydrogen-bond donors (Lipinski definition) is 2. The number of hydrogen-bond acceptors (Lipinski definition) is 8. The number of ether oxygens (including phenoxy) is 1. The number of imidazole rings is 1. The lowest BCUT2D eigenvalue weighted by Gasteiger charge is -2.29. The van der Waals surface area contributed by atoms with E-state index in [-0.39, 0.29) is 28.6 Å². The molecule has 3 aromatic carbocycles. The van der Waals surface area contributed by atoms with Crippen molar-refractivity contribution >= 4 is 57.5 Å². The van der Waals surface area contributed by atoms with Crippen molar-refractivity contribution in [2.24, 2.45) is 13.0 Å². The molecular weight excluding hydrogens is 829 g/mol.